The lowest BCUT2D eigenvalue weighted by molar-refractivity contribution is 0.187. The van der Waals surface area contributed by atoms with Crippen molar-refractivity contribution in [3.05, 3.63) is 0 Å². The van der Waals surface area contributed by atoms with Gasteiger partial charge in [-0.3, -0.25) is 10.7 Å². The van der Waals surface area contributed by atoms with Crippen molar-refractivity contribution >= 4 is 12.1 Å². The van der Waals surface area contributed by atoms with Crippen molar-refractivity contribution in [1.82, 2.24) is 0 Å². The Morgan fingerprint density at radius 3 is 2.60 bits per heavy atom. The van der Waals surface area contributed by atoms with E-state index < -0.39 is 12.0 Å². The van der Waals surface area contributed by atoms with Crippen molar-refractivity contribution in [3.8, 4) is 0 Å². The molecule has 0 spiro atoms. The van der Waals surface area contributed by atoms with E-state index in [-0.39, 0.29) is 11.8 Å². The van der Waals surface area contributed by atoms with Crippen LogP contribution < -0.4 is 11.5 Å². The maximum atomic E-state index is 14.6. The van der Waals surface area contributed by atoms with Crippen molar-refractivity contribution in [1.29, 1.82) is 0 Å². The highest BCUT2D eigenvalue weighted by Gasteiger charge is 2.43. The minimum absolute atomic E-state index is 0.00287. The molecule has 15 heavy (non-hydrogen) atoms. The number of amidine groups is 1. The molecule has 0 amide bonds. The number of nitrogens with two attached hydrogens (primary N) is 2. The molecule has 0 aromatic rings. The zero-order valence-electron chi connectivity index (χ0n) is 8.69. The highest BCUT2D eigenvalue weighted by molar-refractivity contribution is 6.05. The van der Waals surface area contributed by atoms with Gasteiger partial charge in [0.15, 0.2) is 6.29 Å². The Balaban J connectivity index is 2.18. The smallest absolute Gasteiger partial charge is 0.204 e. The van der Waals surface area contributed by atoms with E-state index in [0.717, 1.165) is 25.7 Å². The Hall–Kier alpha value is -0.970. The molecule has 1 fully saturated rings. The van der Waals surface area contributed by atoms with Crippen LogP contribution in [0.25, 0.3) is 0 Å². The minimum atomic E-state index is -1.66. The van der Waals surface area contributed by atoms with Crippen LogP contribution in [-0.2, 0) is 0 Å². The first-order chi connectivity index (χ1) is 7.13. The molecule has 84 valence electrons. The van der Waals surface area contributed by atoms with E-state index in [1.54, 1.807) is 0 Å². The summed E-state index contributed by atoms with van der Waals surface area (Å²) in [6, 6.07) is 0. The molecule has 2 aliphatic rings. The molecule has 1 saturated carbocycles. The van der Waals surface area contributed by atoms with Gasteiger partial charge >= 0.3 is 0 Å². The van der Waals surface area contributed by atoms with Gasteiger partial charge in [-0.1, -0.05) is 19.3 Å². The SMILES string of the molecule is NC1=NC(N)N=CC1(F)C1CCCCC1. The standard InChI is InChI=1S/C10H17FN4/c11-10(7-4-2-1-3-5-7)6-14-9(13)15-8(10)12/h6-7,9H,1-5,13H2,(H2,12,15). The van der Waals surface area contributed by atoms with Gasteiger partial charge in [0.1, 0.15) is 5.84 Å². The largest absolute Gasteiger partial charge is 0.384 e. The van der Waals surface area contributed by atoms with Crippen LogP contribution in [-0.4, -0.2) is 24.0 Å². The van der Waals surface area contributed by atoms with Gasteiger partial charge in [0.05, 0.1) is 0 Å². The van der Waals surface area contributed by atoms with Crippen LogP contribution in [0.15, 0.2) is 9.98 Å². The third-order valence-electron chi connectivity index (χ3n) is 3.28. The van der Waals surface area contributed by atoms with Crippen LogP contribution in [0.2, 0.25) is 0 Å². The van der Waals surface area contributed by atoms with E-state index in [1.165, 1.54) is 12.6 Å². The fraction of sp³-hybridized carbons (Fsp3) is 0.800. The van der Waals surface area contributed by atoms with Crippen LogP contribution in [0, 0.1) is 5.92 Å². The first-order valence-electron chi connectivity index (χ1n) is 5.45. The molecule has 0 aromatic carbocycles. The number of hydrogen-bond acceptors (Lipinski definition) is 4. The van der Waals surface area contributed by atoms with Gasteiger partial charge < -0.3 is 5.73 Å². The molecule has 2 unspecified atom stereocenters. The summed E-state index contributed by atoms with van der Waals surface area (Å²) >= 11 is 0. The molecule has 0 saturated heterocycles. The molecule has 1 heterocycles. The van der Waals surface area contributed by atoms with E-state index >= 15 is 0 Å². The maximum Gasteiger partial charge on any atom is 0.204 e. The Kier molecular flexibility index (Phi) is 2.73. The van der Waals surface area contributed by atoms with Gasteiger partial charge in [-0.05, 0) is 12.8 Å². The fourth-order valence-electron chi connectivity index (χ4n) is 2.36. The number of hydrogen-bond donors (Lipinski definition) is 2. The minimum Gasteiger partial charge on any atom is -0.384 e. The van der Waals surface area contributed by atoms with Crippen LogP contribution in [0.3, 0.4) is 0 Å². The summed E-state index contributed by atoms with van der Waals surface area (Å²) < 4.78 is 14.6. The second kappa shape index (κ2) is 3.89. The van der Waals surface area contributed by atoms with Gasteiger partial charge in [0.25, 0.3) is 0 Å². The zero-order valence-corrected chi connectivity index (χ0v) is 8.69. The normalized spacial score (nSPS) is 37.7. The van der Waals surface area contributed by atoms with Crippen molar-refractivity contribution in [2.75, 3.05) is 0 Å². The Bertz CT molecular complexity index is 296. The van der Waals surface area contributed by atoms with Gasteiger partial charge in [-0.2, -0.15) is 0 Å². The Morgan fingerprint density at radius 1 is 1.33 bits per heavy atom. The first kappa shape index (κ1) is 10.5. The second-order valence-electron chi connectivity index (χ2n) is 4.31. The van der Waals surface area contributed by atoms with E-state index in [2.05, 4.69) is 9.98 Å². The molecule has 4 nitrogen and oxygen atoms in total. The number of nitrogens with zero attached hydrogens (tertiary/aromatic N) is 2. The third kappa shape index (κ3) is 1.88. The molecule has 2 atom stereocenters. The van der Waals surface area contributed by atoms with E-state index in [0.29, 0.717) is 0 Å². The molecular weight excluding hydrogens is 195 g/mol. The summed E-state index contributed by atoms with van der Waals surface area (Å²) in [6.45, 7) is 0. The summed E-state index contributed by atoms with van der Waals surface area (Å²) in [6.07, 6.45) is 5.54. The quantitative estimate of drug-likeness (QED) is 0.679. The van der Waals surface area contributed by atoms with Crippen molar-refractivity contribution in [3.63, 3.8) is 0 Å². The van der Waals surface area contributed by atoms with Crippen molar-refractivity contribution in [2.45, 2.75) is 44.1 Å². The lowest BCUT2D eigenvalue weighted by Gasteiger charge is -2.34. The number of alkyl halides is 1. The lowest BCUT2D eigenvalue weighted by atomic mass is 9.77. The van der Waals surface area contributed by atoms with Crippen LogP contribution >= 0.6 is 0 Å². The molecule has 5 heteroatoms. The Labute approximate surface area is 88.6 Å². The molecule has 1 aliphatic heterocycles. The first-order valence-corrected chi connectivity index (χ1v) is 5.45. The summed E-state index contributed by atoms with van der Waals surface area (Å²) in [5, 5.41) is 0. The molecular formula is C10H17FN4. The maximum absolute atomic E-state index is 14.6. The average molecular weight is 212 g/mol. The topological polar surface area (TPSA) is 76.8 Å². The molecule has 4 N–H and O–H groups in total. The third-order valence-corrected chi connectivity index (χ3v) is 3.28. The molecule has 0 aromatic heterocycles. The summed E-state index contributed by atoms with van der Waals surface area (Å²) in [7, 11) is 0. The van der Waals surface area contributed by atoms with E-state index in [4.69, 9.17) is 11.5 Å². The van der Waals surface area contributed by atoms with E-state index in [9.17, 15) is 4.39 Å². The number of rotatable bonds is 1. The van der Waals surface area contributed by atoms with Gasteiger partial charge in [-0.25, -0.2) is 9.38 Å². The number of halogens is 1. The fourth-order valence-corrected chi connectivity index (χ4v) is 2.36. The Morgan fingerprint density at radius 2 is 2.00 bits per heavy atom. The number of aliphatic imine (C=N–C) groups is 2. The predicted molar refractivity (Wildman–Crippen MR) is 58.5 cm³/mol. The van der Waals surface area contributed by atoms with Crippen molar-refractivity contribution < 1.29 is 4.39 Å². The zero-order chi connectivity index (χ0) is 10.9. The van der Waals surface area contributed by atoms with Gasteiger partial charge in [0, 0.05) is 12.1 Å². The molecule has 2 rings (SSSR count). The van der Waals surface area contributed by atoms with Gasteiger partial charge in [-0.15, -0.1) is 0 Å². The van der Waals surface area contributed by atoms with Crippen LogP contribution in [0.4, 0.5) is 4.39 Å². The summed E-state index contributed by atoms with van der Waals surface area (Å²) in [5.41, 5.74) is 9.43. The lowest BCUT2D eigenvalue weighted by Crippen LogP contribution is -2.51. The van der Waals surface area contributed by atoms with Crippen molar-refractivity contribution in [2.24, 2.45) is 27.4 Å². The highest BCUT2D eigenvalue weighted by Crippen LogP contribution is 2.35. The monoisotopic (exact) mass is 212 g/mol. The molecule has 0 bridgehead atoms. The predicted octanol–water partition coefficient (Wildman–Crippen LogP) is 0.959. The van der Waals surface area contributed by atoms with Crippen LogP contribution in [0.5, 0.6) is 0 Å². The summed E-state index contributed by atoms with van der Waals surface area (Å²) in [4.78, 5) is 7.63. The second-order valence-corrected chi connectivity index (χ2v) is 4.31. The summed E-state index contributed by atoms with van der Waals surface area (Å²) in [5.74, 6) is -0.0804. The molecule has 1 aliphatic carbocycles. The van der Waals surface area contributed by atoms with E-state index in [1.807, 2.05) is 0 Å². The van der Waals surface area contributed by atoms with Gasteiger partial charge in [0.2, 0.25) is 5.67 Å². The van der Waals surface area contributed by atoms with Crippen LogP contribution in [0.1, 0.15) is 32.1 Å². The molecule has 0 radical (unpaired) electrons. The average Bonchev–Trinajstić information content (AvgIpc) is 2.25. The highest BCUT2D eigenvalue weighted by atomic mass is 19.1.